The molecule has 3 aromatic rings. The molecule has 0 saturated heterocycles. The summed E-state index contributed by atoms with van der Waals surface area (Å²) in [5.41, 5.74) is 1.11. The number of hydrogen-bond donors (Lipinski definition) is 1. The van der Waals surface area contributed by atoms with E-state index < -0.39 is 0 Å². The highest BCUT2D eigenvalue weighted by atomic mass is 32.1. The van der Waals surface area contributed by atoms with Gasteiger partial charge in [-0.1, -0.05) is 23.3 Å². The van der Waals surface area contributed by atoms with Crippen LogP contribution < -0.4 is 10.1 Å². The average molecular weight is 287 g/mol. The lowest BCUT2D eigenvalue weighted by atomic mass is 10.2. The SMILES string of the molecule is COc1ccc(CNc2nnc(-c3cccs3)o2)cc1. The first-order valence-electron chi connectivity index (χ1n) is 6.09. The lowest BCUT2D eigenvalue weighted by Gasteiger charge is -2.03. The van der Waals surface area contributed by atoms with E-state index in [2.05, 4.69) is 15.5 Å². The van der Waals surface area contributed by atoms with Gasteiger partial charge < -0.3 is 14.5 Å². The fraction of sp³-hybridized carbons (Fsp3) is 0.143. The highest BCUT2D eigenvalue weighted by Gasteiger charge is 2.08. The topological polar surface area (TPSA) is 60.2 Å². The summed E-state index contributed by atoms with van der Waals surface area (Å²) in [7, 11) is 1.65. The molecule has 1 aromatic carbocycles. The van der Waals surface area contributed by atoms with Gasteiger partial charge in [0.25, 0.3) is 5.89 Å². The van der Waals surface area contributed by atoms with Crippen LogP contribution in [0.25, 0.3) is 10.8 Å². The number of nitrogens with zero attached hydrogens (tertiary/aromatic N) is 2. The monoisotopic (exact) mass is 287 g/mol. The van der Waals surface area contributed by atoms with E-state index in [0.29, 0.717) is 18.5 Å². The minimum atomic E-state index is 0.421. The normalized spacial score (nSPS) is 10.4. The molecule has 0 aliphatic heterocycles. The predicted molar refractivity (Wildman–Crippen MR) is 77.9 cm³/mol. The third-order valence-electron chi connectivity index (χ3n) is 2.76. The third kappa shape index (κ3) is 2.80. The van der Waals surface area contributed by atoms with Gasteiger partial charge in [0, 0.05) is 6.54 Å². The maximum absolute atomic E-state index is 5.55. The van der Waals surface area contributed by atoms with Crippen LogP contribution in [0.4, 0.5) is 6.01 Å². The van der Waals surface area contributed by atoms with E-state index in [1.165, 1.54) is 0 Å². The molecule has 6 heteroatoms. The third-order valence-corrected chi connectivity index (χ3v) is 3.62. The van der Waals surface area contributed by atoms with E-state index in [0.717, 1.165) is 16.2 Å². The van der Waals surface area contributed by atoms with Crippen LogP contribution in [0, 0.1) is 0 Å². The van der Waals surface area contributed by atoms with Crippen molar-refractivity contribution in [3.63, 3.8) is 0 Å². The van der Waals surface area contributed by atoms with Gasteiger partial charge in [0.05, 0.1) is 12.0 Å². The Labute approximate surface area is 120 Å². The Balaban J connectivity index is 1.63. The van der Waals surface area contributed by atoms with Gasteiger partial charge in [-0.2, -0.15) is 0 Å². The number of aromatic nitrogens is 2. The Morgan fingerprint density at radius 2 is 2.05 bits per heavy atom. The molecular weight excluding hydrogens is 274 g/mol. The first-order valence-corrected chi connectivity index (χ1v) is 6.97. The van der Waals surface area contributed by atoms with Crippen molar-refractivity contribution in [1.29, 1.82) is 0 Å². The first kappa shape index (κ1) is 12.7. The van der Waals surface area contributed by atoms with Crippen LogP contribution >= 0.6 is 11.3 Å². The minimum Gasteiger partial charge on any atom is -0.497 e. The fourth-order valence-electron chi connectivity index (χ4n) is 1.72. The molecular formula is C14H13N3O2S. The van der Waals surface area contributed by atoms with Crippen LogP contribution in [-0.4, -0.2) is 17.3 Å². The summed E-state index contributed by atoms with van der Waals surface area (Å²) in [5.74, 6) is 1.38. The van der Waals surface area contributed by atoms with E-state index in [4.69, 9.17) is 9.15 Å². The summed E-state index contributed by atoms with van der Waals surface area (Å²) >= 11 is 1.57. The van der Waals surface area contributed by atoms with Crippen molar-refractivity contribution in [1.82, 2.24) is 10.2 Å². The van der Waals surface area contributed by atoms with E-state index in [-0.39, 0.29) is 0 Å². The molecule has 1 N–H and O–H groups in total. The standard InChI is InChI=1S/C14H13N3O2S/c1-18-11-6-4-10(5-7-11)9-15-14-17-16-13(19-14)12-3-2-8-20-12/h2-8H,9H2,1H3,(H,15,17). The number of rotatable bonds is 5. The second-order valence-corrected chi connectivity index (χ2v) is 5.04. The minimum absolute atomic E-state index is 0.421. The average Bonchev–Trinajstić information content (AvgIpc) is 3.16. The summed E-state index contributed by atoms with van der Waals surface area (Å²) in [6.07, 6.45) is 0. The van der Waals surface area contributed by atoms with Gasteiger partial charge in [0.2, 0.25) is 0 Å². The fourth-order valence-corrected chi connectivity index (χ4v) is 2.36. The number of benzene rings is 1. The predicted octanol–water partition coefficient (Wildman–Crippen LogP) is 3.42. The van der Waals surface area contributed by atoms with Crippen molar-refractivity contribution in [2.45, 2.75) is 6.54 Å². The lowest BCUT2D eigenvalue weighted by Crippen LogP contribution is -1.99. The van der Waals surface area contributed by atoms with Crippen LogP contribution in [0.2, 0.25) is 0 Å². The molecule has 0 aliphatic carbocycles. The molecule has 0 fully saturated rings. The van der Waals surface area contributed by atoms with Crippen molar-refractivity contribution >= 4 is 17.4 Å². The molecule has 2 heterocycles. The summed E-state index contributed by atoms with van der Waals surface area (Å²) in [4.78, 5) is 0.968. The maximum atomic E-state index is 5.55. The molecule has 0 bridgehead atoms. The van der Waals surface area contributed by atoms with Gasteiger partial charge in [-0.25, -0.2) is 0 Å². The Bertz CT molecular complexity index is 662. The maximum Gasteiger partial charge on any atom is 0.316 e. The molecule has 0 atom stereocenters. The molecule has 3 rings (SSSR count). The van der Waals surface area contributed by atoms with Crippen LogP contribution in [0.1, 0.15) is 5.56 Å². The van der Waals surface area contributed by atoms with Gasteiger partial charge in [-0.05, 0) is 29.1 Å². The Morgan fingerprint density at radius 1 is 1.20 bits per heavy atom. The van der Waals surface area contributed by atoms with Crippen LogP contribution in [0.3, 0.4) is 0 Å². The molecule has 0 radical (unpaired) electrons. The number of hydrogen-bond acceptors (Lipinski definition) is 6. The number of thiophene rings is 1. The molecule has 0 saturated carbocycles. The molecule has 0 aliphatic rings. The highest BCUT2D eigenvalue weighted by Crippen LogP contribution is 2.24. The van der Waals surface area contributed by atoms with Crippen LogP contribution in [0.5, 0.6) is 5.75 Å². The zero-order valence-electron chi connectivity index (χ0n) is 10.9. The first-order chi connectivity index (χ1) is 9.85. The molecule has 0 unspecified atom stereocenters. The summed E-state index contributed by atoms with van der Waals surface area (Å²) in [6.45, 7) is 0.621. The van der Waals surface area contributed by atoms with Crippen LogP contribution in [0.15, 0.2) is 46.2 Å². The Kier molecular flexibility index (Phi) is 3.64. The quantitative estimate of drug-likeness (QED) is 0.779. The van der Waals surface area contributed by atoms with Gasteiger partial charge in [0.1, 0.15) is 5.75 Å². The molecule has 2 aromatic heterocycles. The van der Waals surface area contributed by atoms with Crippen LogP contribution in [-0.2, 0) is 6.54 Å². The van der Waals surface area contributed by atoms with Crippen molar-refractivity contribution in [3.8, 4) is 16.5 Å². The summed E-state index contributed by atoms with van der Waals surface area (Å²) in [5, 5.41) is 13.1. The molecule has 102 valence electrons. The highest BCUT2D eigenvalue weighted by molar-refractivity contribution is 7.13. The van der Waals surface area contributed by atoms with Gasteiger partial charge in [-0.15, -0.1) is 16.4 Å². The lowest BCUT2D eigenvalue weighted by molar-refractivity contribution is 0.414. The van der Waals surface area contributed by atoms with Gasteiger partial charge in [-0.3, -0.25) is 0 Å². The number of anilines is 1. The van der Waals surface area contributed by atoms with Gasteiger partial charge in [0.15, 0.2) is 0 Å². The molecule has 0 spiro atoms. The second-order valence-electron chi connectivity index (χ2n) is 4.09. The van der Waals surface area contributed by atoms with Crippen molar-refractivity contribution in [2.24, 2.45) is 0 Å². The largest absolute Gasteiger partial charge is 0.497 e. The van der Waals surface area contributed by atoms with E-state index in [1.807, 2.05) is 41.8 Å². The molecule has 20 heavy (non-hydrogen) atoms. The Morgan fingerprint density at radius 3 is 2.75 bits per heavy atom. The van der Waals surface area contributed by atoms with E-state index in [1.54, 1.807) is 18.4 Å². The second kappa shape index (κ2) is 5.75. The summed E-state index contributed by atoms with van der Waals surface area (Å²) in [6, 6.07) is 12.1. The number of methoxy groups -OCH3 is 1. The smallest absolute Gasteiger partial charge is 0.316 e. The van der Waals surface area contributed by atoms with Crippen molar-refractivity contribution < 1.29 is 9.15 Å². The number of nitrogens with one attached hydrogen (secondary N) is 1. The zero-order chi connectivity index (χ0) is 13.8. The zero-order valence-corrected chi connectivity index (χ0v) is 11.7. The Hall–Kier alpha value is -2.34. The van der Waals surface area contributed by atoms with Crippen molar-refractivity contribution in [3.05, 3.63) is 47.3 Å². The van der Waals surface area contributed by atoms with E-state index >= 15 is 0 Å². The van der Waals surface area contributed by atoms with E-state index in [9.17, 15) is 0 Å². The summed E-state index contributed by atoms with van der Waals surface area (Å²) < 4.78 is 10.7. The van der Waals surface area contributed by atoms with Crippen molar-refractivity contribution in [2.75, 3.05) is 12.4 Å². The van der Waals surface area contributed by atoms with Gasteiger partial charge >= 0.3 is 6.01 Å². The molecule has 5 nitrogen and oxygen atoms in total. The number of ether oxygens (including phenoxy) is 1. The molecule has 0 amide bonds.